The number of hydrogen-bond acceptors (Lipinski definition) is 5. The Kier molecular flexibility index (Phi) is 10.2. The number of pyridine rings is 1. The van der Waals surface area contributed by atoms with Gasteiger partial charge in [0, 0.05) is 56.0 Å². The number of carbonyl (C=O) groups excluding carboxylic acids is 1. The van der Waals surface area contributed by atoms with Crippen molar-refractivity contribution in [3.05, 3.63) is 78.0 Å². The zero-order valence-electron chi connectivity index (χ0n) is 27.8. The molecule has 52 heavy (non-hydrogen) atoms. The van der Waals surface area contributed by atoms with Gasteiger partial charge in [0.15, 0.2) is 0 Å². The summed E-state index contributed by atoms with van der Waals surface area (Å²) in [5, 5.41) is 15.1. The Morgan fingerprint density at radius 3 is 1.98 bits per heavy atom. The standard InChI is InChI=1S/C37H36F8N4O3/c38-35(39)13-18-48(19-14-35)21-24-5-2-8-28-26(24)10-15-46-31(28)29-9-3-6-25-23(4-1-7-27(25)29)20-30(32(50)51)47-33(52)34(37(43,44)45)11-16-49(17-12-34)22-36(40,41)42/h1-10,15,30H,11-14,16-22H2,(H,47,52)(H,50,51)/t30-/m0/s1. The lowest BCUT2D eigenvalue weighted by Gasteiger charge is -2.42. The third-order valence-electron chi connectivity index (χ3n) is 10.3. The molecule has 0 saturated carbocycles. The number of rotatable bonds is 9. The minimum absolute atomic E-state index is 0.206. The minimum Gasteiger partial charge on any atom is -0.480 e. The van der Waals surface area contributed by atoms with Gasteiger partial charge in [-0.3, -0.25) is 19.6 Å². The maximum atomic E-state index is 14.4. The molecule has 1 amide bonds. The van der Waals surface area contributed by atoms with Crippen molar-refractivity contribution in [2.75, 3.05) is 32.7 Å². The van der Waals surface area contributed by atoms with Crippen LogP contribution in [0.2, 0.25) is 0 Å². The Morgan fingerprint density at radius 2 is 1.35 bits per heavy atom. The maximum Gasteiger partial charge on any atom is 0.403 e. The zero-order valence-corrected chi connectivity index (χ0v) is 27.8. The molecule has 6 rings (SSSR count). The molecule has 1 aromatic heterocycles. The van der Waals surface area contributed by atoms with E-state index in [0.717, 1.165) is 21.2 Å². The lowest BCUT2D eigenvalue weighted by atomic mass is 9.76. The number of hydrogen-bond donors (Lipinski definition) is 2. The Bertz CT molecular complexity index is 1950. The second-order valence-corrected chi connectivity index (χ2v) is 13.7. The second-order valence-electron chi connectivity index (χ2n) is 13.7. The third kappa shape index (κ3) is 7.85. The van der Waals surface area contributed by atoms with Gasteiger partial charge in [0.05, 0.1) is 12.2 Å². The molecule has 278 valence electrons. The van der Waals surface area contributed by atoms with Gasteiger partial charge in [-0.25, -0.2) is 13.6 Å². The van der Waals surface area contributed by atoms with Gasteiger partial charge in [-0.15, -0.1) is 0 Å². The van der Waals surface area contributed by atoms with E-state index in [1.54, 1.807) is 36.5 Å². The van der Waals surface area contributed by atoms with Gasteiger partial charge < -0.3 is 10.4 Å². The molecule has 2 fully saturated rings. The van der Waals surface area contributed by atoms with Crippen molar-refractivity contribution in [3.8, 4) is 11.3 Å². The number of carbonyl (C=O) groups is 2. The summed E-state index contributed by atoms with van der Waals surface area (Å²) in [6.07, 6.45) is -10.8. The van der Waals surface area contributed by atoms with Gasteiger partial charge in [-0.2, -0.15) is 26.3 Å². The molecule has 1 atom stereocenters. The van der Waals surface area contributed by atoms with Crippen molar-refractivity contribution in [1.82, 2.24) is 20.1 Å². The highest BCUT2D eigenvalue weighted by atomic mass is 19.4. The summed E-state index contributed by atoms with van der Waals surface area (Å²) in [6.45, 7) is -1.69. The molecular weight excluding hydrogens is 700 g/mol. The first kappa shape index (κ1) is 37.4. The maximum absolute atomic E-state index is 14.4. The number of benzene rings is 3. The van der Waals surface area contributed by atoms with Crippen LogP contribution in [0.3, 0.4) is 0 Å². The minimum atomic E-state index is -5.13. The number of nitrogens with zero attached hydrogens (tertiary/aromatic N) is 3. The summed E-state index contributed by atoms with van der Waals surface area (Å²) in [7, 11) is 0. The Morgan fingerprint density at radius 1 is 0.769 bits per heavy atom. The van der Waals surface area contributed by atoms with Crippen molar-refractivity contribution in [2.45, 2.75) is 63.0 Å². The van der Waals surface area contributed by atoms with Crippen molar-refractivity contribution < 1.29 is 49.8 Å². The van der Waals surface area contributed by atoms with E-state index in [1.165, 1.54) is 0 Å². The largest absolute Gasteiger partial charge is 0.480 e. The van der Waals surface area contributed by atoms with E-state index in [9.17, 15) is 49.8 Å². The van der Waals surface area contributed by atoms with Crippen LogP contribution < -0.4 is 5.32 Å². The molecule has 2 aliphatic rings. The van der Waals surface area contributed by atoms with Crippen LogP contribution in [0, 0.1) is 5.41 Å². The highest BCUT2D eigenvalue weighted by Gasteiger charge is 2.61. The van der Waals surface area contributed by atoms with E-state index in [2.05, 4.69) is 10.3 Å². The molecule has 3 heterocycles. The quantitative estimate of drug-likeness (QED) is 0.172. The number of carboxylic acids is 1. The summed E-state index contributed by atoms with van der Waals surface area (Å²) in [4.78, 5) is 33.1. The monoisotopic (exact) mass is 736 g/mol. The van der Waals surface area contributed by atoms with E-state index in [4.69, 9.17) is 0 Å². The number of alkyl halides is 8. The lowest BCUT2D eigenvalue weighted by molar-refractivity contribution is -0.236. The van der Waals surface area contributed by atoms with Crippen LogP contribution in [-0.2, 0) is 22.6 Å². The number of aliphatic carboxylic acids is 1. The summed E-state index contributed by atoms with van der Waals surface area (Å²) in [6, 6.07) is 16.2. The zero-order chi connectivity index (χ0) is 37.5. The molecule has 7 nitrogen and oxygen atoms in total. The first-order valence-electron chi connectivity index (χ1n) is 16.8. The van der Waals surface area contributed by atoms with Crippen LogP contribution in [0.25, 0.3) is 32.8 Å². The molecule has 15 heteroatoms. The molecule has 0 spiro atoms. The van der Waals surface area contributed by atoms with Gasteiger partial charge in [-0.05, 0) is 59.3 Å². The van der Waals surface area contributed by atoms with Crippen LogP contribution in [0.5, 0.6) is 0 Å². The topological polar surface area (TPSA) is 85.8 Å². The fourth-order valence-electron chi connectivity index (χ4n) is 7.37. The number of amides is 1. The molecule has 2 saturated heterocycles. The number of carboxylic acid groups (broad SMARTS) is 1. The van der Waals surface area contributed by atoms with Crippen LogP contribution >= 0.6 is 0 Å². The summed E-state index contributed by atoms with van der Waals surface area (Å²) in [5.41, 5.74) is -0.380. The Balaban J connectivity index is 1.27. The van der Waals surface area contributed by atoms with Gasteiger partial charge in [0.1, 0.15) is 11.5 Å². The van der Waals surface area contributed by atoms with E-state index in [1.807, 2.05) is 35.2 Å². The summed E-state index contributed by atoms with van der Waals surface area (Å²) < 4.78 is 109. The van der Waals surface area contributed by atoms with E-state index < -0.39 is 74.1 Å². The van der Waals surface area contributed by atoms with Gasteiger partial charge in [0.25, 0.3) is 5.92 Å². The average molecular weight is 737 g/mol. The molecule has 2 N–H and O–H groups in total. The molecule has 0 unspecified atom stereocenters. The van der Waals surface area contributed by atoms with Crippen LogP contribution in [0.1, 0.15) is 36.8 Å². The number of halogens is 8. The molecule has 0 aliphatic carbocycles. The highest BCUT2D eigenvalue weighted by molar-refractivity contribution is 6.05. The van der Waals surface area contributed by atoms with Crippen LogP contribution in [-0.4, -0.2) is 88.8 Å². The van der Waals surface area contributed by atoms with E-state index >= 15 is 0 Å². The fourth-order valence-corrected chi connectivity index (χ4v) is 7.37. The molecular formula is C37H36F8N4O3. The smallest absolute Gasteiger partial charge is 0.403 e. The number of likely N-dealkylation sites (tertiary alicyclic amines) is 2. The molecule has 0 radical (unpaired) electrons. The lowest BCUT2D eigenvalue weighted by Crippen LogP contribution is -2.59. The number of nitrogens with one attached hydrogen (secondary N) is 1. The third-order valence-corrected chi connectivity index (χ3v) is 10.3. The summed E-state index contributed by atoms with van der Waals surface area (Å²) >= 11 is 0. The highest BCUT2D eigenvalue weighted by Crippen LogP contribution is 2.47. The fraction of sp³-hybridized carbons (Fsp3) is 0.432. The van der Waals surface area contributed by atoms with Crippen LogP contribution in [0.4, 0.5) is 35.1 Å². The van der Waals surface area contributed by atoms with Crippen LogP contribution in [0.15, 0.2) is 66.9 Å². The summed E-state index contributed by atoms with van der Waals surface area (Å²) in [5.74, 6) is -5.83. The Hall–Kier alpha value is -4.37. The van der Waals surface area contributed by atoms with Crippen molar-refractivity contribution >= 4 is 33.4 Å². The van der Waals surface area contributed by atoms with Gasteiger partial charge in [-0.1, -0.05) is 54.6 Å². The van der Waals surface area contributed by atoms with Gasteiger partial charge >= 0.3 is 18.3 Å². The first-order valence-corrected chi connectivity index (χ1v) is 16.8. The first-order chi connectivity index (χ1) is 24.5. The van der Waals surface area contributed by atoms with E-state index in [0.29, 0.717) is 34.1 Å². The van der Waals surface area contributed by atoms with Crippen molar-refractivity contribution in [2.24, 2.45) is 5.41 Å². The van der Waals surface area contributed by atoms with Crippen molar-refractivity contribution in [3.63, 3.8) is 0 Å². The average Bonchev–Trinajstić information content (AvgIpc) is 3.07. The molecule has 3 aromatic carbocycles. The van der Waals surface area contributed by atoms with Gasteiger partial charge in [0.2, 0.25) is 5.91 Å². The SMILES string of the molecule is O=C(O)[C@H](Cc1cccc2c(-c3nccc4c(CN5CCC(F)(F)CC5)cccc34)cccc12)NC(=O)C1(C(F)(F)F)CCN(CC(F)(F)F)CC1. The molecule has 0 bridgehead atoms. The second kappa shape index (κ2) is 14.2. The predicted octanol–water partition coefficient (Wildman–Crippen LogP) is 7.60. The predicted molar refractivity (Wildman–Crippen MR) is 178 cm³/mol. The normalized spacial score (nSPS) is 19.1. The van der Waals surface area contributed by atoms with Crippen molar-refractivity contribution in [1.29, 1.82) is 0 Å². The van der Waals surface area contributed by atoms with E-state index in [-0.39, 0.29) is 32.4 Å². The molecule has 2 aliphatic heterocycles. The Labute approximate surface area is 293 Å². The number of aromatic nitrogens is 1. The molecule has 4 aromatic rings. The number of piperidine rings is 2. The number of fused-ring (bicyclic) bond motifs is 2.